The maximum atomic E-state index is 12.1. The quantitative estimate of drug-likeness (QED) is 0.527. The molecule has 0 bridgehead atoms. The molecule has 0 spiro atoms. The summed E-state index contributed by atoms with van der Waals surface area (Å²) in [4.78, 5) is 26.1. The second-order valence-corrected chi connectivity index (χ2v) is 4.99. The molecule has 0 saturated carbocycles. The zero-order valence-electron chi connectivity index (χ0n) is 10.8. The van der Waals surface area contributed by atoms with Crippen molar-refractivity contribution in [2.24, 2.45) is 0 Å². The van der Waals surface area contributed by atoms with Gasteiger partial charge >= 0.3 is 0 Å². The van der Waals surface area contributed by atoms with Crippen molar-refractivity contribution in [3.63, 3.8) is 0 Å². The number of aromatic nitrogens is 1. The van der Waals surface area contributed by atoms with Gasteiger partial charge in [-0.05, 0) is 24.6 Å². The number of carbonyl (C=O) groups excluding carboxylic acids is 1. The molecule has 108 valence electrons. The van der Waals surface area contributed by atoms with Crippen molar-refractivity contribution in [3.05, 3.63) is 61.9 Å². The number of hydrogen-bond acceptors (Lipinski definition) is 4. The first kappa shape index (κ1) is 15.2. The number of nitro benzene ring substituents is 1. The molecule has 0 unspecified atom stereocenters. The summed E-state index contributed by atoms with van der Waals surface area (Å²) in [5, 5.41) is 13.6. The first-order valence-electron chi connectivity index (χ1n) is 5.76. The number of benzene rings is 1. The average molecular weight is 326 g/mol. The van der Waals surface area contributed by atoms with E-state index in [2.05, 4.69) is 10.3 Å². The van der Waals surface area contributed by atoms with Crippen LogP contribution in [0.4, 0.5) is 11.4 Å². The highest BCUT2D eigenvalue weighted by Crippen LogP contribution is 2.24. The van der Waals surface area contributed by atoms with Crippen LogP contribution in [0.2, 0.25) is 10.2 Å². The minimum absolute atomic E-state index is 0.0458. The topological polar surface area (TPSA) is 85.1 Å². The molecular formula is C13H9Cl2N3O3. The maximum Gasteiger partial charge on any atom is 0.269 e. The number of nitro groups is 1. The highest BCUT2D eigenvalue weighted by atomic mass is 35.5. The molecule has 0 aliphatic rings. The van der Waals surface area contributed by atoms with Gasteiger partial charge in [0.05, 0.1) is 15.5 Å². The van der Waals surface area contributed by atoms with Crippen molar-refractivity contribution in [3.8, 4) is 0 Å². The molecule has 1 aromatic carbocycles. The first-order chi connectivity index (χ1) is 9.88. The molecule has 0 saturated heterocycles. The van der Waals surface area contributed by atoms with Crippen LogP contribution in [-0.4, -0.2) is 15.8 Å². The Morgan fingerprint density at radius 3 is 2.67 bits per heavy atom. The number of nitrogens with one attached hydrogen (secondary N) is 1. The summed E-state index contributed by atoms with van der Waals surface area (Å²) in [5.74, 6) is -0.471. The van der Waals surface area contributed by atoms with Crippen molar-refractivity contribution in [1.29, 1.82) is 0 Å². The monoisotopic (exact) mass is 325 g/mol. The van der Waals surface area contributed by atoms with Crippen molar-refractivity contribution in [1.82, 2.24) is 4.98 Å². The lowest BCUT2D eigenvalue weighted by Gasteiger charge is -2.09. The second kappa shape index (κ2) is 6.07. The van der Waals surface area contributed by atoms with E-state index in [0.29, 0.717) is 11.3 Å². The number of carbonyl (C=O) groups is 1. The van der Waals surface area contributed by atoms with E-state index in [0.717, 1.165) is 0 Å². The van der Waals surface area contributed by atoms with Gasteiger partial charge in [0.15, 0.2) is 0 Å². The van der Waals surface area contributed by atoms with Crippen molar-refractivity contribution in [2.45, 2.75) is 6.92 Å². The van der Waals surface area contributed by atoms with Gasteiger partial charge in [0.2, 0.25) is 0 Å². The van der Waals surface area contributed by atoms with Gasteiger partial charge in [-0.15, -0.1) is 0 Å². The minimum Gasteiger partial charge on any atom is -0.322 e. The molecular weight excluding hydrogens is 317 g/mol. The van der Waals surface area contributed by atoms with Crippen LogP contribution in [0.3, 0.4) is 0 Å². The standard InChI is InChI=1S/C13H9Cl2N3O3/c1-7-4-8(18(20)21)2-3-11(7)17-13(19)9-5-12(15)16-6-10(9)14/h2-6H,1H3,(H,17,19). The Hall–Kier alpha value is -2.18. The first-order valence-corrected chi connectivity index (χ1v) is 6.51. The molecule has 0 atom stereocenters. The van der Waals surface area contributed by atoms with Crippen LogP contribution in [0.25, 0.3) is 0 Å². The SMILES string of the molecule is Cc1cc([N+](=O)[O-])ccc1NC(=O)c1cc(Cl)ncc1Cl. The molecule has 2 rings (SSSR count). The molecule has 0 aliphatic heterocycles. The number of halogens is 2. The average Bonchev–Trinajstić information content (AvgIpc) is 2.43. The molecule has 0 fully saturated rings. The van der Waals surface area contributed by atoms with Gasteiger partial charge < -0.3 is 5.32 Å². The van der Waals surface area contributed by atoms with Crippen LogP contribution in [0.5, 0.6) is 0 Å². The molecule has 1 aromatic heterocycles. The van der Waals surface area contributed by atoms with Crippen LogP contribution < -0.4 is 5.32 Å². The van der Waals surface area contributed by atoms with Crippen LogP contribution in [0, 0.1) is 17.0 Å². The zero-order valence-corrected chi connectivity index (χ0v) is 12.3. The molecule has 0 aliphatic carbocycles. The molecule has 8 heteroatoms. The predicted octanol–water partition coefficient (Wildman–Crippen LogP) is 3.86. The molecule has 2 aromatic rings. The smallest absolute Gasteiger partial charge is 0.269 e. The Morgan fingerprint density at radius 1 is 1.33 bits per heavy atom. The van der Waals surface area contributed by atoms with E-state index in [1.807, 2.05) is 0 Å². The lowest BCUT2D eigenvalue weighted by molar-refractivity contribution is -0.384. The van der Waals surface area contributed by atoms with Crippen molar-refractivity contribution in [2.75, 3.05) is 5.32 Å². The van der Waals surface area contributed by atoms with Crippen LogP contribution in [0.15, 0.2) is 30.5 Å². The Kier molecular flexibility index (Phi) is 4.40. The third-order valence-corrected chi connectivity index (χ3v) is 3.24. The Labute approximate surface area is 129 Å². The van der Waals surface area contributed by atoms with Gasteiger partial charge in [0.25, 0.3) is 11.6 Å². The molecule has 1 amide bonds. The number of anilines is 1. The summed E-state index contributed by atoms with van der Waals surface area (Å²) in [7, 11) is 0. The van der Waals surface area contributed by atoms with E-state index in [-0.39, 0.29) is 21.4 Å². The molecule has 6 nitrogen and oxygen atoms in total. The van der Waals surface area contributed by atoms with Gasteiger partial charge in [-0.25, -0.2) is 4.98 Å². The Balaban J connectivity index is 2.27. The lowest BCUT2D eigenvalue weighted by Crippen LogP contribution is -2.13. The van der Waals surface area contributed by atoms with Crippen molar-refractivity contribution < 1.29 is 9.72 Å². The summed E-state index contributed by atoms with van der Waals surface area (Å²) in [6.45, 7) is 1.66. The van der Waals surface area contributed by atoms with Crippen LogP contribution in [-0.2, 0) is 0 Å². The van der Waals surface area contributed by atoms with E-state index in [4.69, 9.17) is 23.2 Å². The van der Waals surface area contributed by atoms with Gasteiger partial charge in [0.1, 0.15) is 5.15 Å². The molecule has 1 N–H and O–H groups in total. The van der Waals surface area contributed by atoms with E-state index < -0.39 is 10.8 Å². The summed E-state index contributed by atoms with van der Waals surface area (Å²) < 4.78 is 0. The number of nitrogens with zero attached hydrogens (tertiary/aromatic N) is 2. The number of rotatable bonds is 3. The molecule has 1 heterocycles. The van der Waals surface area contributed by atoms with Gasteiger partial charge in [-0.2, -0.15) is 0 Å². The van der Waals surface area contributed by atoms with Gasteiger partial charge in [0, 0.05) is 24.0 Å². The fraction of sp³-hybridized carbons (Fsp3) is 0.0769. The highest BCUT2D eigenvalue weighted by molar-refractivity contribution is 6.35. The Bertz CT molecular complexity index is 735. The number of hydrogen-bond donors (Lipinski definition) is 1. The number of non-ortho nitro benzene ring substituents is 1. The number of pyridine rings is 1. The predicted molar refractivity (Wildman–Crippen MR) is 80.0 cm³/mol. The summed E-state index contributed by atoms with van der Waals surface area (Å²) in [5.41, 5.74) is 1.15. The third kappa shape index (κ3) is 3.48. The van der Waals surface area contributed by atoms with E-state index >= 15 is 0 Å². The van der Waals surface area contributed by atoms with Crippen LogP contribution in [0.1, 0.15) is 15.9 Å². The fourth-order valence-corrected chi connectivity index (χ4v) is 2.03. The second-order valence-electron chi connectivity index (χ2n) is 4.20. The number of amides is 1. The maximum absolute atomic E-state index is 12.1. The normalized spacial score (nSPS) is 10.2. The third-order valence-electron chi connectivity index (χ3n) is 2.74. The van der Waals surface area contributed by atoms with Crippen molar-refractivity contribution >= 4 is 40.5 Å². The minimum atomic E-state index is -0.502. The van der Waals surface area contributed by atoms with E-state index in [1.54, 1.807) is 6.92 Å². The zero-order chi connectivity index (χ0) is 15.6. The van der Waals surface area contributed by atoms with E-state index in [1.165, 1.54) is 30.5 Å². The summed E-state index contributed by atoms with van der Waals surface area (Å²) in [6.07, 6.45) is 1.28. The van der Waals surface area contributed by atoms with Gasteiger partial charge in [-0.1, -0.05) is 23.2 Å². The van der Waals surface area contributed by atoms with Crippen LogP contribution >= 0.6 is 23.2 Å². The fourth-order valence-electron chi connectivity index (χ4n) is 1.68. The van der Waals surface area contributed by atoms with E-state index in [9.17, 15) is 14.9 Å². The Morgan fingerprint density at radius 2 is 2.05 bits per heavy atom. The highest BCUT2D eigenvalue weighted by Gasteiger charge is 2.14. The summed E-state index contributed by atoms with van der Waals surface area (Å²) >= 11 is 11.6. The lowest BCUT2D eigenvalue weighted by atomic mass is 10.1. The summed E-state index contributed by atoms with van der Waals surface area (Å²) in [6, 6.07) is 5.49. The molecule has 21 heavy (non-hydrogen) atoms. The van der Waals surface area contributed by atoms with Gasteiger partial charge in [-0.3, -0.25) is 14.9 Å². The largest absolute Gasteiger partial charge is 0.322 e. The molecule has 0 radical (unpaired) electrons. The number of aryl methyl sites for hydroxylation is 1.